The first kappa shape index (κ1) is 14.4. The number of aromatic nitrogens is 1. The highest BCUT2D eigenvalue weighted by molar-refractivity contribution is 7.90. The summed E-state index contributed by atoms with van der Waals surface area (Å²) in [6.45, 7) is 0.214. The minimum absolute atomic E-state index is 0.0510. The third-order valence-corrected chi connectivity index (χ3v) is 4.02. The van der Waals surface area contributed by atoms with Crippen molar-refractivity contribution in [2.45, 2.75) is 6.54 Å². The van der Waals surface area contributed by atoms with Crippen LogP contribution in [0.3, 0.4) is 0 Å². The van der Waals surface area contributed by atoms with Crippen LogP contribution in [-0.2, 0) is 16.8 Å². The molecule has 1 aromatic carbocycles. The normalized spacial score (nSPS) is 11.6. The van der Waals surface area contributed by atoms with Gasteiger partial charge in [-0.15, -0.1) is 0 Å². The lowest BCUT2D eigenvalue weighted by molar-refractivity contribution is 0.471. The van der Waals surface area contributed by atoms with Gasteiger partial charge in [0.1, 0.15) is 5.82 Å². The van der Waals surface area contributed by atoms with Crippen molar-refractivity contribution in [2.75, 3.05) is 11.8 Å². The third-order valence-electron chi connectivity index (χ3n) is 2.61. The summed E-state index contributed by atoms with van der Waals surface area (Å²) in [6, 6.07) is 13.1. The number of halogens is 1. The molecule has 5 nitrogen and oxygen atoms in total. The van der Waals surface area contributed by atoms with E-state index in [9.17, 15) is 12.8 Å². The number of nitrogens with zero attached hydrogens (tertiary/aromatic N) is 2. The fraction of sp³-hybridized carbons (Fsp3) is 0.154. The summed E-state index contributed by atoms with van der Waals surface area (Å²) >= 11 is 0. The standard InChI is InChI=1S/C13H14FN3O2S/c1-17(10-11-6-3-2-4-7-11)20(18,19)16-13-9-5-8-12(14)15-13/h2-9H,10H2,1H3,(H,15,16). The van der Waals surface area contributed by atoms with Crippen LogP contribution in [-0.4, -0.2) is 24.8 Å². The number of hydrogen-bond donors (Lipinski definition) is 1. The van der Waals surface area contributed by atoms with Gasteiger partial charge in [0.05, 0.1) is 0 Å². The van der Waals surface area contributed by atoms with Gasteiger partial charge in [0, 0.05) is 13.6 Å². The Morgan fingerprint density at radius 2 is 1.85 bits per heavy atom. The SMILES string of the molecule is CN(Cc1ccccc1)S(=O)(=O)Nc1cccc(F)n1. The maximum atomic E-state index is 12.9. The predicted molar refractivity (Wildman–Crippen MR) is 74.6 cm³/mol. The molecular formula is C13H14FN3O2S. The Labute approximate surface area is 117 Å². The molecule has 1 N–H and O–H groups in total. The molecule has 2 rings (SSSR count). The van der Waals surface area contributed by atoms with Crippen molar-refractivity contribution in [3.8, 4) is 0 Å². The molecule has 0 spiro atoms. The van der Waals surface area contributed by atoms with E-state index in [4.69, 9.17) is 0 Å². The van der Waals surface area contributed by atoms with Gasteiger partial charge in [-0.1, -0.05) is 36.4 Å². The first-order valence-electron chi connectivity index (χ1n) is 5.88. The second kappa shape index (κ2) is 5.98. The zero-order valence-electron chi connectivity index (χ0n) is 10.8. The van der Waals surface area contributed by atoms with Crippen molar-refractivity contribution in [2.24, 2.45) is 0 Å². The van der Waals surface area contributed by atoms with Crippen molar-refractivity contribution in [3.63, 3.8) is 0 Å². The smallest absolute Gasteiger partial charge is 0.254 e. The van der Waals surface area contributed by atoms with E-state index in [2.05, 4.69) is 9.71 Å². The van der Waals surface area contributed by atoms with E-state index in [-0.39, 0.29) is 12.4 Å². The summed E-state index contributed by atoms with van der Waals surface area (Å²) < 4.78 is 40.4. The number of benzene rings is 1. The molecule has 0 unspecified atom stereocenters. The summed E-state index contributed by atoms with van der Waals surface area (Å²) in [5.74, 6) is -0.791. The molecule has 1 aromatic heterocycles. The van der Waals surface area contributed by atoms with Crippen LogP contribution < -0.4 is 4.72 Å². The Hall–Kier alpha value is -1.99. The van der Waals surface area contributed by atoms with Crippen molar-refractivity contribution in [1.82, 2.24) is 9.29 Å². The summed E-state index contributed by atoms with van der Waals surface area (Å²) in [5.41, 5.74) is 0.854. The summed E-state index contributed by atoms with van der Waals surface area (Å²) in [4.78, 5) is 3.46. The molecule has 1 heterocycles. The van der Waals surface area contributed by atoms with Crippen molar-refractivity contribution >= 4 is 16.0 Å². The molecule has 0 aliphatic carbocycles. The Balaban J connectivity index is 2.10. The van der Waals surface area contributed by atoms with Crippen LogP contribution in [0, 0.1) is 5.95 Å². The monoisotopic (exact) mass is 295 g/mol. The van der Waals surface area contributed by atoms with Gasteiger partial charge in [-0.25, -0.2) is 4.98 Å². The van der Waals surface area contributed by atoms with E-state index < -0.39 is 16.2 Å². The zero-order chi connectivity index (χ0) is 14.6. The van der Waals surface area contributed by atoms with Gasteiger partial charge < -0.3 is 0 Å². The van der Waals surface area contributed by atoms with E-state index in [0.29, 0.717) is 0 Å². The zero-order valence-corrected chi connectivity index (χ0v) is 11.6. The third kappa shape index (κ3) is 3.75. The van der Waals surface area contributed by atoms with Gasteiger partial charge in [0.15, 0.2) is 0 Å². The molecule has 0 aliphatic rings. The van der Waals surface area contributed by atoms with Crippen LogP contribution in [0.15, 0.2) is 48.5 Å². The van der Waals surface area contributed by atoms with Crippen LogP contribution in [0.2, 0.25) is 0 Å². The molecule has 0 atom stereocenters. The topological polar surface area (TPSA) is 62.3 Å². The second-order valence-corrected chi connectivity index (χ2v) is 5.97. The van der Waals surface area contributed by atoms with Gasteiger partial charge in [0.25, 0.3) is 0 Å². The van der Waals surface area contributed by atoms with Crippen molar-refractivity contribution in [3.05, 3.63) is 60.0 Å². The lowest BCUT2D eigenvalue weighted by Crippen LogP contribution is -2.32. The molecule has 7 heteroatoms. The molecule has 0 saturated carbocycles. The maximum Gasteiger partial charge on any atom is 0.302 e. The Morgan fingerprint density at radius 1 is 1.15 bits per heavy atom. The van der Waals surface area contributed by atoms with Gasteiger partial charge in [-0.2, -0.15) is 17.1 Å². The van der Waals surface area contributed by atoms with Crippen LogP contribution in [0.4, 0.5) is 10.2 Å². The Bertz CT molecular complexity index is 677. The molecular weight excluding hydrogens is 281 g/mol. The van der Waals surface area contributed by atoms with Crippen LogP contribution in [0.5, 0.6) is 0 Å². The Kier molecular flexibility index (Phi) is 4.31. The molecule has 20 heavy (non-hydrogen) atoms. The molecule has 2 aromatic rings. The predicted octanol–water partition coefficient (Wildman–Crippen LogP) is 2.01. The lowest BCUT2D eigenvalue weighted by Gasteiger charge is -2.17. The van der Waals surface area contributed by atoms with E-state index >= 15 is 0 Å². The van der Waals surface area contributed by atoms with Crippen LogP contribution in [0.1, 0.15) is 5.56 Å². The first-order chi connectivity index (χ1) is 9.47. The van der Waals surface area contributed by atoms with Crippen molar-refractivity contribution in [1.29, 1.82) is 0 Å². The van der Waals surface area contributed by atoms with Gasteiger partial charge >= 0.3 is 10.2 Å². The fourth-order valence-corrected chi connectivity index (χ4v) is 2.45. The fourth-order valence-electron chi connectivity index (χ4n) is 1.60. The minimum Gasteiger partial charge on any atom is -0.254 e. The number of hydrogen-bond acceptors (Lipinski definition) is 3. The minimum atomic E-state index is -3.77. The summed E-state index contributed by atoms with van der Waals surface area (Å²) in [7, 11) is -2.34. The average Bonchev–Trinajstić information content (AvgIpc) is 2.39. The molecule has 106 valence electrons. The maximum absolute atomic E-state index is 12.9. The molecule has 0 radical (unpaired) electrons. The highest BCUT2D eigenvalue weighted by Crippen LogP contribution is 2.11. The molecule has 0 saturated heterocycles. The van der Waals surface area contributed by atoms with Gasteiger partial charge in [-0.3, -0.25) is 4.72 Å². The largest absolute Gasteiger partial charge is 0.302 e. The van der Waals surface area contributed by atoms with E-state index in [1.807, 2.05) is 30.3 Å². The second-order valence-electron chi connectivity index (χ2n) is 4.19. The van der Waals surface area contributed by atoms with E-state index in [0.717, 1.165) is 15.9 Å². The van der Waals surface area contributed by atoms with Crippen LogP contribution >= 0.6 is 0 Å². The van der Waals surface area contributed by atoms with E-state index in [1.54, 1.807) is 0 Å². The summed E-state index contributed by atoms with van der Waals surface area (Å²) in [5, 5.41) is 0. The number of rotatable bonds is 5. The first-order valence-corrected chi connectivity index (χ1v) is 7.32. The quantitative estimate of drug-likeness (QED) is 0.858. The highest BCUT2D eigenvalue weighted by atomic mass is 32.2. The average molecular weight is 295 g/mol. The van der Waals surface area contributed by atoms with Gasteiger partial charge in [0.2, 0.25) is 5.95 Å². The Morgan fingerprint density at radius 3 is 2.50 bits per heavy atom. The van der Waals surface area contributed by atoms with E-state index in [1.165, 1.54) is 19.2 Å². The summed E-state index contributed by atoms with van der Waals surface area (Å²) in [6.07, 6.45) is 0. The van der Waals surface area contributed by atoms with Crippen LogP contribution in [0.25, 0.3) is 0 Å². The number of nitrogens with one attached hydrogen (secondary N) is 1. The number of anilines is 1. The van der Waals surface area contributed by atoms with Crippen molar-refractivity contribution < 1.29 is 12.8 Å². The number of pyridine rings is 1. The van der Waals surface area contributed by atoms with Gasteiger partial charge in [-0.05, 0) is 17.7 Å². The lowest BCUT2D eigenvalue weighted by atomic mass is 10.2. The molecule has 0 aliphatic heterocycles. The molecule has 0 amide bonds. The molecule has 0 fully saturated rings. The molecule has 0 bridgehead atoms. The highest BCUT2D eigenvalue weighted by Gasteiger charge is 2.18.